The molecule has 0 saturated carbocycles. The first-order valence-corrected chi connectivity index (χ1v) is 8.72. The molecule has 0 aromatic heterocycles. The van der Waals surface area contributed by atoms with Crippen LogP contribution in [0.5, 0.6) is 0 Å². The van der Waals surface area contributed by atoms with Crippen LogP contribution in [0, 0.1) is 0 Å². The molecule has 0 bridgehead atoms. The summed E-state index contributed by atoms with van der Waals surface area (Å²) in [5.41, 5.74) is 0.795. The lowest BCUT2D eigenvalue weighted by molar-refractivity contribution is -0.139. The van der Waals surface area contributed by atoms with Crippen LogP contribution in [0.1, 0.15) is 24.8 Å². The van der Waals surface area contributed by atoms with Crippen LogP contribution in [0.2, 0.25) is 0 Å². The maximum Gasteiger partial charge on any atom is 0.311 e. The van der Waals surface area contributed by atoms with Crippen molar-refractivity contribution in [1.29, 1.82) is 0 Å². The Morgan fingerprint density at radius 1 is 1.30 bits per heavy atom. The highest BCUT2D eigenvalue weighted by Crippen LogP contribution is 2.37. The van der Waals surface area contributed by atoms with Gasteiger partial charge in [0.1, 0.15) is 0 Å². The monoisotopic (exact) mass is 340 g/mol. The Bertz CT molecular complexity index is 729. The molecule has 7 nitrogen and oxygen atoms in total. The number of carbonyl (C=O) groups is 2. The molecule has 2 unspecified atom stereocenters. The fourth-order valence-electron chi connectivity index (χ4n) is 2.73. The van der Waals surface area contributed by atoms with Crippen molar-refractivity contribution < 1.29 is 23.1 Å². The largest absolute Gasteiger partial charge is 0.481 e. The number of sulfonamides is 1. The number of carboxylic acid groups (broad SMARTS) is 1. The summed E-state index contributed by atoms with van der Waals surface area (Å²) in [6, 6.07) is 6.53. The molecule has 0 spiro atoms. The summed E-state index contributed by atoms with van der Waals surface area (Å²) in [7, 11) is -0.922. The Kier molecular flexibility index (Phi) is 4.65. The molecule has 2 atom stereocenters. The first-order valence-electron chi connectivity index (χ1n) is 7.22. The Hall–Kier alpha value is -2.09. The van der Waals surface area contributed by atoms with Gasteiger partial charge in [-0.05, 0) is 25.0 Å². The Morgan fingerprint density at radius 3 is 2.48 bits per heavy atom. The maximum atomic E-state index is 12.8. The minimum Gasteiger partial charge on any atom is -0.481 e. The summed E-state index contributed by atoms with van der Waals surface area (Å²) in [6.07, 6.45) is 0.175. The van der Waals surface area contributed by atoms with Crippen molar-refractivity contribution in [1.82, 2.24) is 4.90 Å². The number of aliphatic carboxylic acids is 1. The van der Waals surface area contributed by atoms with E-state index in [4.69, 9.17) is 0 Å². The van der Waals surface area contributed by atoms with Crippen LogP contribution >= 0.6 is 0 Å². The third-order valence-electron chi connectivity index (χ3n) is 4.04. The predicted molar refractivity (Wildman–Crippen MR) is 85.9 cm³/mol. The molecule has 1 aromatic carbocycles. The van der Waals surface area contributed by atoms with E-state index in [9.17, 15) is 23.1 Å². The van der Waals surface area contributed by atoms with E-state index in [0.29, 0.717) is 11.3 Å². The summed E-state index contributed by atoms with van der Waals surface area (Å²) in [4.78, 5) is 24.7. The van der Waals surface area contributed by atoms with Gasteiger partial charge in [0.2, 0.25) is 15.9 Å². The number of fused-ring (bicyclic) bond motifs is 1. The van der Waals surface area contributed by atoms with Crippen LogP contribution < -0.4 is 4.31 Å². The molecule has 0 fully saturated rings. The number of hydrogen-bond donors (Lipinski definition) is 1. The molecule has 1 aromatic rings. The highest BCUT2D eigenvalue weighted by atomic mass is 32.2. The van der Waals surface area contributed by atoms with Crippen LogP contribution in [-0.2, 0) is 19.6 Å². The second-order valence-corrected chi connectivity index (χ2v) is 7.91. The lowest BCUT2D eigenvalue weighted by atomic mass is 9.91. The van der Waals surface area contributed by atoms with E-state index in [0.717, 1.165) is 4.31 Å². The zero-order valence-electron chi connectivity index (χ0n) is 13.3. The molecule has 1 amide bonds. The van der Waals surface area contributed by atoms with Crippen LogP contribution in [0.25, 0.3) is 0 Å². The second-order valence-electron chi connectivity index (χ2n) is 5.73. The normalized spacial score (nSPS) is 18.9. The van der Waals surface area contributed by atoms with Crippen LogP contribution in [0.15, 0.2) is 24.3 Å². The van der Waals surface area contributed by atoms with Gasteiger partial charge in [0, 0.05) is 20.6 Å². The molecule has 0 radical (unpaired) electrons. The third-order valence-corrected chi connectivity index (χ3v) is 6.13. The summed E-state index contributed by atoms with van der Waals surface area (Å²) < 4.78 is 26.8. The lowest BCUT2D eigenvalue weighted by Crippen LogP contribution is -2.47. The highest BCUT2D eigenvalue weighted by molar-refractivity contribution is 7.94. The van der Waals surface area contributed by atoms with Crippen LogP contribution in [-0.4, -0.2) is 56.2 Å². The van der Waals surface area contributed by atoms with Crippen molar-refractivity contribution in [2.75, 3.05) is 24.9 Å². The van der Waals surface area contributed by atoms with Gasteiger partial charge in [-0.25, -0.2) is 8.42 Å². The highest BCUT2D eigenvalue weighted by Gasteiger charge is 2.40. The van der Waals surface area contributed by atoms with Gasteiger partial charge in [-0.15, -0.1) is 0 Å². The summed E-state index contributed by atoms with van der Waals surface area (Å²) in [6.45, 7) is 1.39. The van der Waals surface area contributed by atoms with Gasteiger partial charge >= 0.3 is 5.97 Å². The fourth-order valence-corrected chi connectivity index (χ4v) is 4.38. The molecule has 0 aliphatic carbocycles. The average molecular weight is 340 g/mol. The number of hydrogen-bond acceptors (Lipinski definition) is 4. The SMILES string of the molecule is CC(C(=O)N(C)C)S(=O)(=O)N1CCC(C(=O)O)c2ccccc21. The van der Waals surface area contributed by atoms with Gasteiger partial charge in [-0.1, -0.05) is 18.2 Å². The predicted octanol–water partition coefficient (Wildman–Crippen LogP) is 0.871. The molecule has 8 heteroatoms. The van der Waals surface area contributed by atoms with Crippen LogP contribution in [0.4, 0.5) is 5.69 Å². The van der Waals surface area contributed by atoms with E-state index in [1.54, 1.807) is 24.3 Å². The molecule has 126 valence electrons. The van der Waals surface area contributed by atoms with Crippen molar-refractivity contribution in [2.45, 2.75) is 24.5 Å². The second kappa shape index (κ2) is 6.19. The molecule has 1 heterocycles. The lowest BCUT2D eigenvalue weighted by Gasteiger charge is -2.35. The molecular weight excluding hydrogens is 320 g/mol. The number of para-hydroxylation sites is 1. The number of carbonyl (C=O) groups excluding carboxylic acids is 1. The summed E-state index contributed by atoms with van der Waals surface area (Å²) >= 11 is 0. The van der Waals surface area contributed by atoms with E-state index >= 15 is 0 Å². The van der Waals surface area contributed by atoms with Crippen molar-refractivity contribution in [3.05, 3.63) is 29.8 Å². The Morgan fingerprint density at radius 2 is 1.91 bits per heavy atom. The number of nitrogens with zero attached hydrogens (tertiary/aromatic N) is 2. The quantitative estimate of drug-likeness (QED) is 0.877. The molecule has 1 N–H and O–H groups in total. The summed E-state index contributed by atoms with van der Waals surface area (Å²) in [5, 5.41) is 8.09. The summed E-state index contributed by atoms with van der Waals surface area (Å²) in [5.74, 6) is -2.23. The van der Waals surface area contributed by atoms with Crippen LogP contribution in [0.3, 0.4) is 0 Å². The fraction of sp³-hybridized carbons (Fsp3) is 0.467. The first-order chi connectivity index (χ1) is 10.7. The van der Waals surface area contributed by atoms with E-state index < -0.39 is 33.1 Å². The van der Waals surface area contributed by atoms with Gasteiger partial charge in [0.15, 0.2) is 5.25 Å². The number of anilines is 1. The van der Waals surface area contributed by atoms with Crippen molar-refractivity contribution in [3.63, 3.8) is 0 Å². The average Bonchev–Trinajstić information content (AvgIpc) is 2.51. The minimum absolute atomic E-state index is 0.0430. The van der Waals surface area contributed by atoms with Crippen molar-refractivity contribution in [2.24, 2.45) is 0 Å². The van der Waals surface area contributed by atoms with E-state index in [1.807, 2.05) is 0 Å². The van der Waals surface area contributed by atoms with Gasteiger partial charge in [0.25, 0.3) is 0 Å². The van der Waals surface area contributed by atoms with Crippen molar-refractivity contribution >= 4 is 27.6 Å². The number of rotatable bonds is 4. The van der Waals surface area contributed by atoms with Gasteiger partial charge in [0.05, 0.1) is 11.6 Å². The molecular formula is C15H20N2O5S. The number of benzene rings is 1. The van der Waals surface area contributed by atoms with Gasteiger partial charge in [-0.3, -0.25) is 13.9 Å². The Balaban J connectivity index is 2.47. The smallest absolute Gasteiger partial charge is 0.311 e. The molecule has 23 heavy (non-hydrogen) atoms. The topological polar surface area (TPSA) is 95.0 Å². The minimum atomic E-state index is -3.92. The number of amides is 1. The third kappa shape index (κ3) is 3.03. The number of carboxylic acids is 1. The van der Waals surface area contributed by atoms with E-state index in [2.05, 4.69) is 0 Å². The van der Waals surface area contributed by atoms with Gasteiger partial charge < -0.3 is 10.0 Å². The molecule has 1 aliphatic heterocycles. The zero-order valence-corrected chi connectivity index (χ0v) is 14.1. The van der Waals surface area contributed by atoms with E-state index in [1.165, 1.54) is 25.9 Å². The Labute approximate surface area is 135 Å². The molecule has 2 rings (SSSR count). The zero-order chi connectivity index (χ0) is 17.4. The molecule has 1 aliphatic rings. The van der Waals surface area contributed by atoms with E-state index in [-0.39, 0.29) is 13.0 Å². The van der Waals surface area contributed by atoms with Gasteiger partial charge in [-0.2, -0.15) is 0 Å². The standard InChI is InChI=1S/C15H20N2O5S/c1-10(14(18)16(2)3)23(21,22)17-9-8-12(15(19)20)11-6-4-5-7-13(11)17/h4-7,10,12H,8-9H2,1-3H3,(H,19,20). The van der Waals surface area contributed by atoms with Crippen molar-refractivity contribution in [3.8, 4) is 0 Å². The maximum absolute atomic E-state index is 12.8. The first kappa shape index (κ1) is 17.3. The molecule has 0 saturated heterocycles.